The van der Waals surface area contributed by atoms with Crippen molar-refractivity contribution >= 4 is 5.71 Å². The number of nitrogens with zero attached hydrogens (tertiary/aromatic N) is 1. The first-order chi connectivity index (χ1) is 10.4. The summed E-state index contributed by atoms with van der Waals surface area (Å²) >= 11 is 0. The third kappa shape index (κ3) is 2.25. The number of fused-ring (bicyclic) bond motifs is 4. The summed E-state index contributed by atoms with van der Waals surface area (Å²) in [6, 6.07) is 19.0. The van der Waals surface area contributed by atoms with Crippen molar-refractivity contribution in [2.24, 2.45) is 5.16 Å². The van der Waals surface area contributed by atoms with Gasteiger partial charge in [0, 0.05) is 5.92 Å². The predicted molar refractivity (Wildman–Crippen MR) is 84.4 cm³/mol. The lowest BCUT2D eigenvalue weighted by Gasteiger charge is -2.43. The average molecular weight is 277 g/mol. The molecule has 2 aliphatic carbocycles. The molecule has 2 nitrogen and oxygen atoms in total. The van der Waals surface area contributed by atoms with Crippen LogP contribution in [-0.4, -0.2) is 5.71 Å². The van der Waals surface area contributed by atoms with E-state index >= 15 is 0 Å². The Morgan fingerprint density at radius 1 is 0.952 bits per heavy atom. The van der Waals surface area contributed by atoms with E-state index in [1.807, 2.05) is 18.2 Å². The van der Waals surface area contributed by atoms with Crippen molar-refractivity contribution in [1.29, 1.82) is 0 Å². The van der Waals surface area contributed by atoms with Gasteiger partial charge in [0.25, 0.3) is 0 Å². The molecule has 2 unspecified atom stereocenters. The smallest absolute Gasteiger partial charge is 0.142 e. The van der Waals surface area contributed by atoms with Crippen LogP contribution in [0.1, 0.15) is 47.8 Å². The van der Waals surface area contributed by atoms with Gasteiger partial charge in [-0.2, -0.15) is 0 Å². The zero-order valence-electron chi connectivity index (χ0n) is 12.0. The highest BCUT2D eigenvalue weighted by Crippen LogP contribution is 2.53. The molecule has 0 heterocycles. The van der Waals surface area contributed by atoms with E-state index in [2.05, 4.69) is 41.6 Å². The minimum atomic E-state index is 0.505. The fourth-order valence-electron chi connectivity index (χ4n) is 3.69. The van der Waals surface area contributed by atoms with E-state index in [0.29, 0.717) is 18.4 Å². The number of hydrogen-bond donors (Lipinski definition) is 0. The molecule has 2 atom stereocenters. The molecular weight excluding hydrogens is 258 g/mol. The second-order valence-corrected chi connectivity index (χ2v) is 5.95. The standard InChI is InChI=1S/C19H19NO/c1-2-7-14(8-3-1)13-21-20-18-12-6-11-17-15-9-4-5-10-16(15)19(17)18/h1-5,7-10,17,19H,6,11-13H2/b20-18+. The second kappa shape index (κ2) is 5.36. The molecule has 0 spiro atoms. The molecule has 21 heavy (non-hydrogen) atoms. The van der Waals surface area contributed by atoms with Crippen molar-refractivity contribution < 1.29 is 4.84 Å². The topological polar surface area (TPSA) is 21.6 Å². The van der Waals surface area contributed by atoms with Crippen molar-refractivity contribution in [3.8, 4) is 0 Å². The molecule has 2 aromatic carbocycles. The fraction of sp³-hybridized carbons (Fsp3) is 0.316. The average Bonchev–Trinajstić information content (AvgIpc) is 2.53. The van der Waals surface area contributed by atoms with Gasteiger partial charge in [0.05, 0.1) is 5.71 Å². The lowest BCUT2D eigenvalue weighted by atomic mass is 9.60. The molecule has 0 aromatic heterocycles. The van der Waals surface area contributed by atoms with Crippen molar-refractivity contribution in [3.05, 3.63) is 71.3 Å². The van der Waals surface area contributed by atoms with E-state index in [9.17, 15) is 0 Å². The van der Waals surface area contributed by atoms with Crippen LogP contribution in [0.15, 0.2) is 59.8 Å². The molecule has 0 amide bonds. The highest BCUT2D eigenvalue weighted by atomic mass is 16.6. The van der Waals surface area contributed by atoms with Gasteiger partial charge < -0.3 is 4.84 Å². The van der Waals surface area contributed by atoms with Crippen molar-refractivity contribution in [3.63, 3.8) is 0 Å². The maximum Gasteiger partial charge on any atom is 0.142 e. The summed E-state index contributed by atoms with van der Waals surface area (Å²) in [5.41, 5.74) is 5.39. The van der Waals surface area contributed by atoms with E-state index in [-0.39, 0.29) is 0 Å². The Morgan fingerprint density at radius 2 is 1.71 bits per heavy atom. The summed E-state index contributed by atoms with van der Waals surface area (Å²) in [4.78, 5) is 5.61. The first-order valence-electron chi connectivity index (χ1n) is 7.75. The van der Waals surface area contributed by atoms with Crippen LogP contribution in [0, 0.1) is 0 Å². The Labute approximate surface area is 125 Å². The summed E-state index contributed by atoms with van der Waals surface area (Å²) in [5.74, 6) is 1.18. The first kappa shape index (κ1) is 12.6. The minimum Gasteiger partial charge on any atom is -0.391 e. The van der Waals surface area contributed by atoms with Crippen LogP contribution in [0.2, 0.25) is 0 Å². The lowest BCUT2D eigenvalue weighted by molar-refractivity contribution is 0.127. The molecule has 2 aliphatic rings. The molecule has 0 aliphatic heterocycles. The van der Waals surface area contributed by atoms with Gasteiger partial charge in [-0.1, -0.05) is 59.8 Å². The third-order valence-electron chi connectivity index (χ3n) is 4.70. The molecule has 0 saturated heterocycles. The Kier molecular flexibility index (Phi) is 3.23. The summed E-state index contributed by atoms with van der Waals surface area (Å²) in [6.45, 7) is 0.559. The quantitative estimate of drug-likeness (QED) is 0.750. The summed E-state index contributed by atoms with van der Waals surface area (Å²) < 4.78 is 0. The third-order valence-corrected chi connectivity index (χ3v) is 4.70. The molecule has 2 heteroatoms. The molecule has 106 valence electrons. The van der Waals surface area contributed by atoms with Crippen LogP contribution in [0.4, 0.5) is 0 Å². The van der Waals surface area contributed by atoms with Gasteiger partial charge in [0.1, 0.15) is 6.61 Å². The number of rotatable bonds is 3. The number of hydrogen-bond acceptors (Lipinski definition) is 2. The second-order valence-electron chi connectivity index (χ2n) is 5.95. The molecular formula is C19H19NO. The van der Waals surface area contributed by atoms with Gasteiger partial charge in [-0.05, 0) is 41.9 Å². The molecule has 0 bridgehead atoms. The Hall–Kier alpha value is -2.09. The van der Waals surface area contributed by atoms with E-state index < -0.39 is 0 Å². The Balaban J connectivity index is 1.49. The monoisotopic (exact) mass is 277 g/mol. The molecule has 1 fully saturated rings. The van der Waals surface area contributed by atoms with Crippen LogP contribution in [0.3, 0.4) is 0 Å². The van der Waals surface area contributed by atoms with Gasteiger partial charge in [-0.15, -0.1) is 0 Å². The first-order valence-corrected chi connectivity index (χ1v) is 7.75. The highest BCUT2D eigenvalue weighted by molar-refractivity contribution is 5.95. The SMILES string of the molecule is c1ccc(CO/N=C2\CCCC3c4ccccc4C23)cc1. The van der Waals surface area contributed by atoms with E-state index in [4.69, 9.17) is 4.84 Å². The fourth-order valence-corrected chi connectivity index (χ4v) is 3.69. The van der Waals surface area contributed by atoms with Crippen molar-refractivity contribution in [1.82, 2.24) is 0 Å². The maximum absolute atomic E-state index is 5.61. The van der Waals surface area contributed by atoms with Crippen LogP contribution in [-0.2, 0) is 11.4 Å². The molecule has 0 radical (unpaired) electrons. The zero-order valence-corrected chi connectivity index (χ0v) is 12.0. The van der Waals surface area contributed by atoms with Crippen LogP contribution in [0.5, 0.6) is 0 Å². The molecule has 2 aromatic rings. The van der Waals surface area contributed by atoms with E-state index in [1.165, 1.54) is 35.2 Å². The number of benzene rings is 2. The Morgan fingerprint density at radius 3 is 2.57 bits per heavy atom. The van der Waals surface area contributed by atoms with Gasteiger partial charge in [-0.3, -0.25) is 0 Å². The van der Waals surface area contributed by atoms with Crippen LogP contribution >= 0.6 is 0 Å². The predicted octanol–water partition coefficient (Wildman–Crippen LogP) is 4.62. The molecule has 1 saturated carbocycles. The highest BCUT2D eigenvalue weighted by Gasteiger charge is 2.42. The normalized spacial score (nSPS) is 24.9. The Bertz CT molecular complexity index is 662. The molecule has 0 N–H and O–H groups in total. The van der Waals surface area contributed by atoms with E-state index in [0.717, 1.165) is 6.42 Å². The summed E-state index contributed by atoms with van der Waals surface area (Å²) in [5, 5.41) is 4.48. The van der Waals surface area contributed by atoms with Gasteiger partial charge in [0.15, 0.2) is 0 Å². The van der Waals surface area contributed by atoms with Crippen LogP contribution in [0.25, 0.3) is 0 Å². The van der Waals surface area contributed by atoms with Gasteiger partial charge >= 0.3 is 0 Å². The van der Waals surface area contributed by atoms with Crippen LogP contribution < -0.4 is 0 Å². The maximum atomic E-state index is 5.61. The summed E-state index contributed by atoms with van der Waals surface area (Å²) in [7, 11) is 0. The summed E-state index contributed by atoms with van der Waals surface area (Å²) in [6.07, 6.45) is 3.59. The molecule has 4 rings (SSSR count). The lowest BCUT2D eigenvalue weighted by Crippen LogP contribution is -2.34. The zero-order chi connectivity index (χ0) is 14.1. The van der Waals surface area contributed by atoms with Crippen molar-refractivity contribution in [2.75, 3.05) is 0 Å². The van der Waals surface area contributed by atoms with Gasteiger partial charge in [0.2, 0.25) is 0 Å². The minimum absolute atomic E-state index is 0.505. The number of oxime groups is 1. The van der Waals surface area contributed by atoms with Crippen molar-refractivity contribution in [2.45, 2.75) is 37.7 Å². The van der Waals surface area contributed by atoms with Gasteiger partial charge in [-0.25, -0.2) is 0 Å². The van der Waals surface area contributed by atoms with E-state index in [1.54, 1.807) is 0 Å². The largest absolute Gasteiger partial charge is 0.391 e.